The molecule has 2 aliphatic rings. The van der Waals surface area contributed by atoms with Crippen molar-refractivity contribution in [1.82, 2.24) is 5.32 Å². The van der Waals surface area contributed by atoms with E-state index in [0.717, 1.165) is 11.6 Å². The maximum Gasteiger partial charge on any atom is 0.235 e. The van der Waals surface area contributed by atoms with Gasteiger partial charge in [-0.3, -0.25) is 4.79 Å². The predicted octanol–water partition coefficient (Wildman–Crippen LogP) is 6.07. The number of nitrogens with zero attached hydrogens (tertiary/aromatic N) is 1. The third kappa shape index (κ3) is 4.81. The van der Waals surface area contributed by atoms with Gasteiger partial charge < -0.3 is 20.7 Å². The van der Waals surface area contributed by atoms with Gasteiger partial charge in [-0.25, -0.2) is 13.2 Å². The monoisotopic (exact) mass is 571 g/mol. The molecule has 0 aliphatic carbocycles. The molecule has 1 spiro atoms. The largest absolute Gasteiger partial charge is 0.497 e. The molecule has 1 saturated heterocycles. The van der Waals surface area contributed by atoms with Crippen molar-refractivity contribution in [3.8, 4) is 5.75 Å². The number of methoxy groups -OCH3 is 1. The number of anilines is 1. The van der Waals surface area contributed by atoms with Crippen molar-refractivity contribution in [1.29, 1.82) is 0 Å². The number of benzene rings is 3. The van der Waals surface area contributed by atoms with E-state index in [9.17, 15) is 9.18 Å². The van der Waals surface area contributed by atoms with Crippen molar-refractivity contribution in [2.75, 3.05) is 18.6 Å². The molecule has 1 amide bonds. The van der Waals surface area contributed by atoms with Crippen LogP contribution < -0.4 is 20.7 Å². The van der Waals surface area contributed by atoms with Crippen LogP contribution in [0.15, 0.2) is 54.6 Å². The molecular weight excluding hydrogens is 539 g/mol. The van der Waals surface area contributed by atoms with E-state index in [1.54, 1.807) is 13.2 Å². The van der Waals surface area contributed by atoms with E-state index in [1.807, 2.05) is 49.9 Å². The summed E-state index contributed by atoms with van der Waals surface area (Å²) in [4.78, 5) is 14.9. The fraction of sp³-hybridized carbons (Fsp3) is 0.387. The Morgan fingerprint density at radius 2 is 1.82 bits per heavy atom. The molecule has 9 heteroatoms. The molecule has 5 nitrogen and oxygen atoms in total. The molecule has 0 aromatic heterocycles. The second-order valence-electron chi connectivity index (χ2n) is 12.0. The van der Waals surface area contributed by atoms with Crippen LogP contribution in [-0.4, -0.2) is 31.6 Å². The first kappa shape index (κ1) is 28.3. The van der Waals surface area contributed by atoms with Crippen molar-refractivity contribution >= 4 is 23.2 Å². The average molecular weight is 572 g/mol. The second-order valence-corrected chi connectivity index (χ2v) is 12.4. The van der Waals surface area contributed by atoms with E-state index >= 15 is 8.78 Å². The number of nitrogens with two attached hydrogens (primary N) is 1. The van der Waals surface area contributed by atoms with Gasteiger partial charge in [-0.1, -0.05) is 56.6 Å². The standard InChI is InChI=1S/C31H33ClF3N3O2/c1-30(2,3)14-24-31(25(28(37-24)29(36)39)20-6-5-7-21(33)27(20)35)16-38(15-17-8-10-19(40-4)11-9-17)23-13-18(32)12-22(34)26(23)31/h5-13,24-25,28,37H,14-16H2,1-4H3,(H2,36,39)/t24-,25-,28+,31-/m0/s1. The van der Waals surface area contributed by atoms with Crippen LogP contribution in [0.1, 0.15) is 49.8 Å². The number of nitrogens with one attached hydrogen (secondary N) is 1. The highest BCUT2D eigenvalue weighted by molar-refractivity contribution is 6.31. The Labute approximate surface area is 237 Å². The maximum atomic E-state index is 16.2. The van der Waals surface area contributed by atoms with Crippen LogP contribution in [0, 0.1) is 22.9 Å². The summed E-state index contributed by atoms with van der Waals surface area (Å²) >= 11 is 6.37. The van der Waals surface area contributed by atoms with Gasteiger partial charge >= 0.3 is 0 Å². The lowest BCUT2D eigenvalue weighted by Gasteiger charge is -2.40. The van der Waals surface area contributed by atoms with Crippen LogP contribution in [0.4, 0.5) is 18.9 Å². The minimum absolute atomic E-state index is 0.0145. The summed E-state index contributed by atoms with van der Waals surface area (Å²) in [6.07, 6.45) is 0.516. The lowest BCUT2D eigenvalue weighted by molar-refractivity contribution is -0.120. The molecule has 0 saturated carbocycles. The zero-order valence-electron chi connectivity index (χ0n) is 22.9. The molecule has 40 heavy (non-hydrogen) atoms. The van der Waals surface area contributed by atoms with Gasteiger partial charge in [-0.2, -0.15) is 0 Å². The lowest BCUT2D eigenvalue weighted by atomic mass is 9.62. The number of primary amides is 1. The summed E-state index contributed by atoms with van der Waals surface area (Å²) in [6.45, 7) is 6.74. The van der Waals surface area contributed by atoms with Crippen molar-refractivity contribution in [2.45, 2.75) is 57.2 Å². The number of halogens is 4. The number of hydrogen-bond donors (Lipinski definition) is 2. The number of rotatable bonds is 6. The van der Waals surface area contributed by atoms with E-state index < -0.39 is 46.8 Å². The Morgan fingerprint density at radius 3 is 2.45 bits per heavy atom. The number of carbonyl (C=O) groups is 1. The molecule has 3 N–H and O–H groups in total. The van der Waals surface area contributed by atoms with Crippen LogP contribution in [0.5, 0.6) is 5.75 Å². The SMILES string of the molecule is COc1ccc(CN2C[C@]3(c4c(F)cc(Cl)cc42)[C@H](CC(C)(C)C)N[C@@H](C(N)=O)[C@@H]3c2cccc(F)c2F)cc1. The molecule has 5 rings (SSSR count). The molecule has 2 heterocycles. The Bertz CT molecular complexity index is 1440. The van der Waals surface area contributed by atoms with Crippen molar-refractivity contribution in [3.05, 3.63) is 93.8 Å². The van der Waals surface area contributed by atoms with Gasteiger partial charge in [0.05, 0.1) is 13.2 Å². The van der Waals surface area contributed by atoms with E-state index in [-0.39, 0.29) is 22.5 Å². The molecule has 212 valence electrons. The number of hydrogen-bond acceptors (Lipinski definition) is 4. The Morgan fingerprint density at radius 1 is 1.12 bits per heavy atom. The van der Waals surface area contributed by atoms with Gasteiger partial charge in [-0.05, 0) is 53.3 Å². The van der Waals surface area contributed by atoms with Gasteiger partial charge in [0.1, 0.15) is 11.6 Å². The summed E-state index contributed by atoms with van der Waals surface area (Å²) in [7, 11) is 1.59. The lowest BCUT2D eigenvalue weighted by Crippen LogP contribution is -2.48. The first-order valence-corrected chi connectivity index (χ1v) is 13.6. The Hall–Kier alpha value is -3.23. The highest BCUT2D eigenvalue weighted by Gasteiger charge is 2.63. The molecular formula is C31H33ClF3N3O2. The van der Waals surface area contributed by atoms with Crippen LogP contribution >= 0.6 is 11.6 Å². The molecule has 4 atom stereocenters. The number of ether oxygens (including phenoxy) is 1. The van der Waals surface area contributed by atoms with Gasteiger partial charge in [-0.15, -0.1) is 0 Å². The normalized spacial score (nSPS) is 24.0. The van der Waals surface area contributed by atoms with Gasteiger partial charge in [0.2, 0.25) is 5.91 Å². The first-order valence-electron chi connectivity index (χ1n) is 13.2. The summed E-state index contributed by atoms with van der Waals surface area (Å²) < 4.78 is 51.7. The molecule has 0 unspecified atom stereocenters. The van der Waals surface area contributed by atoms with Crippen molar-refractivity contribution < 1.29 is 22.7 Å². The van der Waals surface area contributed by atoms with Crippen molar-refractivity contribution in [3.63, 3.8) is 0 Å². The molecule has 0 radical (unpaired) electrons. The van der Waals surface area contributed by atoms with Crippen molar-refractivity contribution in [2.24, 2.45) is 11.1 Å². The summed E-state index contributed by atoms with van der Waals surface area (Å²) in [5, 5.41) is 3.56. The maximum absolute atomic E-state index is 16.2. The van der Waals surface area contributed by atoms with E-state index in [4.69, 9.17) is 22.1 Å². The first-order chi connectivity index (χ1) is 18.9. The fourth-order valence-corrected chi connectivity index (χ4v) is 6.87. The van der Waals surface area contributed by atoms with E-state index in [1.165, 1.54) is 18.2 Å². The van der Waals surface area contributed by atoms with Gasteiger partial charge in [0, 0.05) is 46.7 Å². The van der Waals surface area contributed by atoms with E-state index in [2.05, 4.69) is 5.32 Å². The van der Waals surface area contributed by atoms with Crippen LogP contribution in [0.3, 0.4) is 0 Å². The fourth-order valence-electron chi connectivity index (χ4n) is 6.67. The predicted molar refractivity (Wildman–Crippen MR) is 150 cm³/mol. The van der Waals surface area contributed by atoms with Crippen LogP contribution in [0.25, 0.3) is 0 Å². The van der Waals surface area contributed by atoms with Crippen LogP contribution in [-0.2, 0) is 16.8 Å². The molecule has 3 aromatic rings. The summed E-state index contributed by atoms with van der Waals surface area (Å²) in [5.74, 6) is -3.67. The minimum Gasteiger partial charge on any atom is -0.497 e. The summed E-state index contributed by atoms with van der Waals surface area (Å²) in [6, 6.07) is 12.8. The van der Waals surface area contributed by atoms with E-state index in [0.29, 0.717) is 30.0 Å². The quantitative estimate of drug-likeness (QED) is 0.377. The number of amides is 1. The smallest absolute Gasteiger partial charge is 0.235 e. The highest BCUT2D eigenvalue weighted by atomic mass is 35.5. The third-order valence-electron chi connectivity index (χ3n) is 8.16. The Balaban J connectivity index is 1.75. The van der Waals surface area contributed by atoms with Gasteiger partial charge in [0.25, 0.3) is 0 Å². The highest BCUT2D eigenvalue weighted by Crippen LogP contribution is 2.59. The second kappa shape index (κ2) is 10.3. The number of fused-ring (bicyclic) bond motifs is 2. The zero-order valence-corrected chi connectivity index (χ0v) is 23.7. The minimum atomic E-state index is -1.17. The molecule has 1 fully saturated rings. The van der Waals surface area contributed by atoms with Gasteiger partial charge in [0.15, 0.2) is 11.6 Å². The topological polar surface area (TPSA) is 67.6 Å². The summed E-state index contributed by atoms with van der Waals surface area (Å²) in [5.41, 5.74) is 6.27. The number of carbonyl (C=O) groups excluding carboxylic acids is 1. The third-order valence-corrected chi connectivity index (χ3v) is 8.37. The zero-order chi connectivity index (χ0) is 29.0. The Kier molecular flexibility index (Phi) is 7.29. The van der Waals surface area contributed by atoms with Crippen LogP contribution in [0.2, 0.25) is 5.02 Å². The average Bonchev–Trinajstić information content (AvgIpc) is 3.35. The molecule has 3 aromatic carbocycles. The molecule has 0 bridgehead atoms. The molecule has 2 aliphatic heterocycles.